The molecule has 0 spiro atoms. The summed E-state index contributed by atoms with van der Waals surface area (Å²) in [6.07, 6.45) is 0. The Bertz CT molecular complexity index is 914. The monoisotopic (exact) mass is 392 g/mol. The second-order valence-corrected chi connectivity index (χ2v) is 7.21. The number of imide groups is 1. The zero-order valence-corrected chi connectivity index (χ0v) is 16.1. The SMILES string of the molecule is Cc1ccc(NC(=O)CSC2=NC3C(=O)N(C)C(=O)N(C)C3=[N+]2C)cc1F. The molecule has 0 saturated carbocycles. The molecule has 1 N–H and O–H groups in total. The molecular weight excluding hydrogens is 373 g/mol. The third-order valence-electron chi connectivity index (χ3n) is 4.38. The predicted octanol–water partition coefficient (Wildman–Crippen LogP) is 1.11. The van der Waals surface area contributed by atoms with Crippen molar-refractivity contribution in [3.63, 3.8) is 0 Å². The molecule has 4 amide bonds. The van der Waals surface area contributed by atoms with Gasteiger partial charge in [-0.3, -0.25) is 14.5 Å². The van der Waals surface area contributed by atoms with Gasteiger partial charge in [-0.05, 0) is 36.4 Å². The number of aryl methyl sites for hydroxylation is 1. The Labute approximate surface area is 159 Å². The van der Waals surface area contributed by atoms with Crippen LogP contribution in [0, 0.1) is 12.7 Å². The highest BCUT2D eigenvalue weighted by Gasteiger charge is 2.51. The number of rotatable bonds is 3. The fraction of sp³-hybridized carbons (Fsp3) is 0.353. The number of carbonyl (C=O) groups excluding carboxylic acids is 3. The number of aliphatic imine (C=N–C) groups is 1. The smallest absolute Gasteiger partial charge is 0.325 e. The normalized spacial score (nSPS) is 19.4. The summed E-state index contributed by atoms with van der Waals surface area (Å²) in [6, 6.07) is 3.25. The second kappa shape index (κ2) is 7.10. The zero-order valence-electron chi connectivity index (χ0n) is 15.3. The summed E-state index contributed by atoms with van der Waals surface area (Å²) < 4.78 is 15.2. The first-order valence-corrected chi connectivity index (χ1v) is 9.11. The minimum atomic E-state index is -0.792. The molecule has 2 aliphatic heterocycles. The lowest BCUT2D eigenvalue weighted by molar-refractivity contribution is -0.367. The van der Waals surface area contributed by atoms with E-state index in [2.05, 4.69) is 10.3 Å². The van der Waals surface area contributed by atoms with Crippen LogP contribution in [-0.4, -0.2) is 76.2 Å². The molecule has 1 saturated heterocycles. The molecule has 0 bridgehead atoms. The van der Waals surface area contributed by atoms with Crippen molar-refractivity contribution >= 4 is 46.3 Å². The van der Waals surface area contributed by atoms with Crippen LogP contribution in [-0.2, 0) is 9.59 Å². The van der Waals surface area contributed by atoms with Crippen molar-refractivity contribution in [3.05, 3.63) is 29.6 Å². The van der Waals surface area contributed by atoms with E-state index in [1.165, 1.54) is 18.0 Å². The molecule has 27 heavy (non-hydrogen) atoms. The zero-order chi connectivity index (χ0) is 19.9. The molecule has 2 heterocycles. The number of urea groups is 1. The summed E-state index contributed by atoms with van der Waals surface area (Å²) in [5.74, 6) is -0.634. The van der Waals surface area contributed by atoms with Crippen LogP contribution in [0.1, 0.15) is 5.56 Å². The molecule has 1 aromatic rings. The maximum Gasteiger partial charge on any atom is 0.388 e. The molecule has 0 radical (unpaired) electrons. The number of carbonyl (C=O) groups is 3. The molecule has 1 unspecified atom stereocenters. The van der Waals surface area contributed by atoms with E-state index >= 15 is 0 Å². The van der Waals surface area contributed by atoms with E-state index in [1.54, 1.807) is 37.7 Å². The van der Waals surface area contributed by atoms with Gasteiger partial charge in [-0.1, -0.05) is 6.07 Å². The van der Waals surface area contributed by atoms with Gasteiger partial charge in [0, 0.05) is 12.7 Å². The van der Waals surface area contributed by atoms with Crippen LogP contribution in [0.3, 0.4) is 0 Å². The fourth-order valence-electron chi connectivity index (χ4n) is 2.84. The molecule has 0 aliphatic carbocycles. The number of nitrogens with one attached hydrogen (secondary N) is 1. The Morgan fingerprint density at radius 3 is 2.70 bits per heavy atom. The fourth-order valence-corrected chi connectivity index (χ4v) is 3.64. The lowest BCUT2D eigenvalue weighted by Crippen LogP contribution is -2.59. The van der Waals surface area contributed by atoms with Crippen molar-refractivity contribution in [1.82, 2.24) is 9.80 Å². The van der Waals surface area contributed by atoms with Gasteiger partial charge in [0.1, 0.15) is 5.82 Å². The summed E-state index contributed by atoms with van der Waals surface area (Å²) in [5, 5.41) is 3.08. The highest BCUT2D eigenvalue weighted by molar-refractivity contribution is 8.14. The maximum atomic E-state index is 13.6. The number of amides is 4. The van der Waals surface area contributed by atoms with Gasteiger partial charge in [0.15, 0.2) is 0 Å². The van der Waals surface area contributed by atoms with Crippen LogP contribution in [0.5, 0.6) is 0 Å². The molecule has 3 rings (SSSR count). The Morgan fingerprint density at radius 1 is 1.33 bits per heavy atom. The van der Waals surface area contributed by atoms with Gasteiger partial charge in [0.05, 0.1) is 19.8 Å². The molecule has 8 nitrogen and oxygen atoms in total. The van der Waals surface area contributed by atoms with Crippen molar-refractivity contribution in [2.75, 3.05) is 32.2 Å². The standard InChI is InChI=1S/C17H18FN5O3S/c1-9-5-6-10(7-11(9)18)19-12(24)8-27-16-20-13-14(21(16)2)22(3)17(26)23(4)15(13)25/h5-7,13H,8H2,1-4H3/p+1. The van der Waals surface area contributed by atoms with Crippen LogP contribution >= 0.6 is 11.8 Å². The topological polar surface area (TPSA) is 85.1 Å². The van der Waals surface area contributed by atoms with Crippen molar-refractivity contribution in [1.29, 1.82) is 0 Å². The summed E-state index contributed by atoms with van der Waals surface area (Å²) in [6.45, 7) is 1.64. The first kappa shape index (κ1) is 19.0. The van der Waals surface area contributed by atoms with E-state index in [9.17, 15) is 18.8 Å². The van der Waals surface area contributed by atoms with Crippen LogP contribution in [0.4, 0.5) is 14.9 Å². The van der Waals surface area contributed by atoms with Crippen LogP contribution in [0.2, 0.25) is 0 Å². The molecule has 1 fully saturated rings. The van der Waals surface area contributed by atoms with Gasteiger partial charge in [-0.2, -0.15) is 0 Å². The quantitative estimate of drug-likeness (QED) is 0.781. The van der Waals surface area contributed by atoms with Gasteiger partial charge >= 0.3 is 6.03 Å². The lowest BCUT2D eigenvalue weighted by atomic mass is 10.2. The van der Waals surface area contributed by atoms with Gasteiger partial charge in [0.25, 0.3) is 23.0 Å². The molecule has 10 heteroatoms. The van der Waals surface area contributed by atoms with E-state index in [4.69, 9.17) is 0 Å². The first-order valence-electron chi connectivity index (χ1n) is 8.13. The highest BCUT2D eigenvalue weighted by Crippen LogP contribution is 2.22. The van der Waals surface area contributed by atoms with Crippen molar-refractivity contribution < 1.29 is 23.3 Å². The van der Waals surface area contributed by atoms with E-state index in [0.29, 0.717) is 22.3 Å². The number of thioether (sulfide) groups is 1. The van der Waals surface area contributed by atoms with E-state index in [1.807, 2.05) is 0 Å². The number of halogens is 1. The summed E-state index contributed by atoms with van der Waals surface area (Å²) >= 11 is 1.14. The number of amidine groups is 2. The maximum absolute atomic E-state index is 13.6. The molecule has 1 atom stereocenters. The van der Waals surface area contributed by atoms with Crippen molar-refractivity contribution in [2.24, 2.45) is 4.99 Å². The summed E-state index contributed by atoms with van der Waals surface area (Å²) in [4.78, 5) is 43.3. The largest absolute Gasteiger partial charge is 0.388 e. The number of anilines is 1. The minimum absolute atomic E-state index is 0.0281. The van der Waals surface area contributed by atoms with Gasteiger partial charge in [-0.25, -0.2) is 18.7 Å². The highest BCUT2D eigenvalue weighted by atomic mass is 32.2. The summed E-state index contributed by atoms with van der Waals surface area (Å²) in [5.41, 5.74) is 0.868. The Kier molecular flexibility index (Phi) is 5.01. The van der Waals surface area contributed by atoms with E-state index in [-0.39, 0.29) is 11.7 Å². The number of benzene rings is 1. The number of nitrogens with zero attached hydrogens (tertiary/aromatic N) is 4. The summed E-state index contributed by atoms with van der Waals surface area (Å²) in [7, 11) is 4.68. The van der Waals surface area contributed by atoms with E-state index < -0.39 is 23.8 Å². The predicted molar refractivity (Wildman–Crippen MR) is 101 cm³/mol. The Hall–Kier alpha value is -2.75. The number of hydrogen-bond donors (Lipinski definition) is 1. The van der Waals surface area contributed by atoms with Crippen LogP contribution in [0.15, 0.2) is 23.2 Å². The second-order valence-electron chi connectivity index (χ2n) is 6.27. The van der Waals surface area contributed by atoms with Crippen molar-refractivity contribution in [2.45, 2.75) is 13.0 Å². The Morgan fingerprint density at radius 2 is 2.04 bits per heavy atom. The number of hydrogen-bond acceptors (Lipinski definition) is 5. The lowest BCUT2D eigenvalue weighted by Gasteiger charge is -2.27. The Balaban J connectivity index is 1.68. The number of likely N-dealkylation sites (N-methyl/N-ethyl adjacent to an activating group) is 2. The molecular formula is C17H19FN5O3S+. The third kappa shape index (κ3) is 3.44. The van der Waals surface area contributed by atoms with Gasteiger partial charge in [0.2, 0.25) is 5.91 Å². The average molecular weight is 392 g/mol. The minimum Gasteiger partial charge on any atom is -0.325 e. The van der Waals surface area contributed by atoms with Gasteiger partial charge < -0.3 is 5.32 Å². The average Bonchev–Trinajstić information content (AvgIpc) is 2.96. The van der Waals surface area contributed by atoms with Crippen LogP contribution < -0.4 is 5.32 Å². The van der Waals surface area contributed by atoms with Crippen molar-refractivity contribution in [3.8, 4) is 0 Å². The molecule has 1 aromatic carbocycles. The molecule has 0 aromatic heterocycles. The number of fused-ring (bicyclic) bond motifs is 1. The molecule has 142 valence electrons. The third-order valence-corrected chi connectivity index (χ3v) is 5.43. The van der Waals surface area contributed by atoms with Crippen LogP contribution in [0.25, 0.3) is 0 Å². The van der Waals surface area contributed by atoms with E-state index in [0.717, 1.165) is 16.7 Å². The van der Waals surface area contributed by atoms with Gasteiger partial charge in [-0.15, -0.1) is 4.99 Å². The molecule has 2 aliphatic rings. The first-order chi connectivity index (χ1) is 12.7.